The smallest absolute Gasteiger partial charge is 0.276 e. The van der Waals surface area contributed by atoms with E-state index in [0.29, 0.717) is 29.7 Å². The number of aromatic nitrogens is 2. The molecule has 6 heteroatoms. The molecular formula is C18H17N3O2S. The zero-order valence-corrected chi connectivity index (χ0v) is 13.8. The molecule has 3 rings (SSSR count). The molecule has 0 unspecified atom stereocenters. The molecule has 0 radical (unpaired) electrons. The molecule has 0 atom stereocenters. The molecular weight excluding hydrogens is 322 g/mol. The lowest BCUT2D eigenvalue weighted by molar-refractivity contribution is -0.115. The average molecular weight is 339 g/mol. The van der Waals surface area contributed by atoms with Gasteiger partial charge in [0.1, 0.15) is 0 Å². The number of nitrogens with one attached hydrogen (secondary N) is 1. The van der Waals surface area contributed by atoms with Gasteiger partial charge >= 0.3 is 0 Å². The molecule has 0 bridgehead atoms. The highest BCUT2D eigenvalue weighted by molar-refractivity contribution is 7.99. The summed E-state index contributed by atoms with van der Waals surface area (Å²) in [5, 5.41) is 11.4. The fourth-order valence-corrected chi connectivity index (χ4v) is 2.83. The van der Waals surface area contributed by atoms with E-state index in [1.54, 1.807) is 0 Å². The zero-order valence-electron chi connectivity index (χ0n) is 13.0. The van der Waals surface area contributed by atoms with Gasteiger partial charge in [0.25, 0.3) is 5.22 Å². The van der Waals surface area contributed by atoms with Gasteiger partial charge in [-0.3, -0.25) is 4.79 Å². The third-order valence-corrected chi connectivity index (χ3v) is 4.08. The molecule has 0 aliphatic heterocycles. The monoisotopic (exact) mass is 339 g/mol. The highest BCUT2D eigenvalue weighted by Crippen LogP contribution is 2.19. The Balaban J connectivity index is 1.43. The Morgan fingerprint density at radius 3 is 2.46 bits per heavy atom. The van der Waals surface area contributed by atoms with Gasteiger partial charge in [0.2, 0.25) is 11.8 Å². The van der Waals surface area contributed by atoms with Crippen molar-refractivity contribution in [3.8, 4) is 0 Å². The van der Waals surface area contributed by atoms with Crippen molar-refractivity contribution in [1.82, 2.24) is 10.2 Å². The number of rotatable bonds is 7. The van der Waals surface area contributed by atoms with Crippen LogP contribution in [0.2, 0.25) is 0 Å². The van der Waals surface area contributed by atoms with Crippen molar-refractivity contribution >= 4 is 23.4 Å². The van der Waals surface area contributed by atoms with Crippen LogP contribution in [0, 0.1) is 0 Å². The molecule has 1 amide bonds. The molecule has 0 aliphatic rings. The van der Waals surface area contributed by atoms with Crippen LogP contribution < -0.4 is 5.32 Å². The highest BCUT2D eigenvalue weighted by Gasteiger charge is 2.09. The second-order valence-corrected chi connectivity index (χ2v) is 6.18. The van der Waals surface area contributed by atoms with E-state index in [2.05, 4.69) is 15.5 Å². The van der Waals surface area contributed by atoms with Crippen LogP contribution in [0.1, 0.15) is 17.9 Å². The van der Waals surface area contributed by atoms with Crippen LogP contribution in [-0.2, 0) is 11.2 Å². The maximum absolute atomic E-state index is 11.9. The van der Waals surface area contributed by atoms with Crippen LogP contribution in [0.25, 0.3) is 0 Å². The molecule has 1 N–H and O–H groups in total. The maximum atomic E-state index is 11.9. The van der Waals surface area contributed by atoms with E-state index in [1.807, 2.05) is 60.7 Å². The van der Waals surface area contributed by atoms with Crippen LogP contribution in [-0.4, -0.2) is 21.9 Å². The van der Waals surface area contributed by atoms with Crippen LogP contribution >= 0.6 is 11.8 Å². The molecule has 1 aromatic heterocycles. The van der Waals surface area contributed by atoms with Crippen molar-refractivity contribution in [3.05, 3.63) is 72.1 Å². The third kappa shape index (κ3) is 4.96. The molecule has 2 aromatic carbocycles. The molecule has 3 aromatic rings. The number of hydrogen-bond donors (Lipinski definition) is 1. The van der Waals surface area contributed by atoms with Gasteiger partial charge in [-0.15, -0.1) is 10.2 Å². The maximum Gasteiger partial charge on any atom is 0.276 e. The predicted octanol–water partition coefficient (Wildman–Crippen LogP) is 3.78. The molecule has 0 aliphatic carbocycles. The van der Waals surface area contributed by atoms with Crippen molar-refractivity contribution in [3.63, 3.8) is 0 Å². The SMILES string of the molecule is O=C(CCSc1nnc(Cc2ccccc2)o1)Nc1ccccc1. The number of amides is 1. The van der Waals surface area contributed by atoms with Gasteiger partial charge in [-0.2, -0.15) is 0 Å². The van der Waals surface area contributed by atoms with Gasteiger partial charge in [0.05, 0.1) is 6.42 Å². The lowest BCUT2D eigenvalue weighted by atomic mass is 10.2. The van der Waals surface area contributed by atoms with Gasteiger partial charge in [0, 0.05) is 17.9 Å². The Hall–Kier alpha value is -2.60. The first-order chi connectivity index (χ1) is 11.8. The fourth-order valence-electron chi connectivity index (χ4n) is 2.11. The molecule has 122 valence electrons. The standard InChI is InChI=1S/C18H17N3O2S/c22-16(19-15-9-5-2-6-10-15)11-12-24-18-21-20-17(23-18)13-14-7-3-1-4-8-14/h1-10H,11-13H2,(H,19,22). The molecule has 0 fully saturated rings. The van der Waals surface area contributed by atoms with E-state index in [0.717, 1.165) is 11.3 Å². The minimum atomic E-state index is -0.0299. The van der Waals surface area contributed by atoms with Crippen molar-refractivity contribution in [2.75, 3.05) is 11.1 Å². The van der Waals surface area contributed by atoms with Gasteiger partial charge in [-0.25, -0.2) is 0 Å². The number of para-hydroxylation sites is 1. The van der Waals surface area contributed by atoms with Gasteiger partial charge in [-0.05, 0) is 17.7 Å². The van der Waals surface area contributed by atoms with Crippen LogP contribution in [0.5, 0.6) is 0 Å². The molecule has 1 heterocycles. The number of thioether (sulfide) groups is 1. The number of nitrogens with zero attached hydrogens (tertiary/aromatic N) is 2. The van der Waals surface area contributed by atoms with Gasteiger partial charge in [-0.1, -0.05) is 60.3 Å². The summed E-state index contributed by atoms with van der Waals surface area (Å²) in [7, 11) is 0. The van der Waals surface area contributed by atoms with Crippen LogP contribution in [0.15, 0.2) is 70.3 Å². The summed E-state index contributed by atoms with van der Waals surface area (Å²) in [6.45, 7) is 0. The van der Waals surface area contributed by atoms with Gasteiger partial charge < -0.3 is 9.73 Å². The summed E-state index contributed by atoms with van der Waals surface area (Å²) in [4.78, 5) is 11.9. The van der Waals surface area contributed by atoms with Crippen molar-refractivity contribution in [1.29, 1.82) is 0 Å². The first kappa shape index (κ1) is 16.3. The zero-order chi connectivity index (χ0) is 16.6. The number of carbonyl (C=O) groups is 1. The number of benzene rings is 2. The first-order valence-corrected chi connectivity index (χ1v) is 8.62. The van der Waals surface area contributed by atoms with Crippen molar-refractivity contribution in [2.45, 2.75) is 18.1 Å². The lowest BCUT2D eigenvalue weighted by Gasteiger charge is -2.03. The molecule has 5 nitrogen and oxygen atoms in total. The summed E-state index contributed by atoms with van der Waals surface area (Å²) in [6, 6.07) is 19.4. The quantitative estimate of drug-likeness (QED) is 0.664. The Labute approximate surface area is 144 Å². The predicted molar refractivity (Wildman–Crippen MR) is 94.0 cm³/mol. The van der Waals surface area contributed by atoms with Crippen LogP contribution in [0.4, 0.5) is 5.69 Å². The van der Waals surface area contributed by atoms with E-state index in [1.165, 1.54) is 11.8 Å². The van der Waals surface area contributed by atoms with E-state index < -0.39 is 0 Å². The van der Waals surface area contributed by atoms with E-state index in [9.17, 15) is 4.79 Å². The van der Waals surface area contributed by atoms with Gasteiger partial charge in [0.15, 0.2) is 0 Å². The van der Waals surface area contributed by atoms with Crippen molar-refractivity contribution in [2.24, 2.45) is 0 Å². The lowest BCUT2D eigenvalue weighted by Crippen LogP contribution is -2.11. The molecule has 24 heavy (non-hydrogen) atoms. The first-order valence-electron chi connectivity index (χ1n) is 7.63. The molecule has 0 saturated heterocycles. The Kier molecular flexibility index (Phi) is 5.63. The number of hydrogen-bond acceptors (Lipinski definition) is 5. The number of anilines is 1. The molecule has 0 saturated carbocycles. The normalized spacial score (nSPS) is 10.5. The summed E-state index contributed by atoms with van der Waals surface area (Å²) in [6.07, 6.45) is 0.999. The minimum absolute atomic E-state index is 0.0299. The van der Waals surface area contributed by atoms with E-state index in [-0.39, 0.29) is 5.91 Å². The van der Waals surface area contributed by atoms with E-state index >= 15 is 0 Å². The summed E-state index contributed by atoms with van der Waals surface area (Å²) < 4.78 is 5.60. The topological polar surface area (TPSA) is 68.0 Å². The average Bonchev–Trinajstić information content (AvgIpc) is 3.04. The second-order valence-electron chi connectivity index (χ2n) is 5.14. The van der Waals surface area contributed by atoms with E-state index in [4.69, 9.17) is 4.42 Å². The number of carbonyl (C=O) groups excluding carboxylic acids is 1. The Bertz CT molecular complexity index is 775. The van der Waals surface area contributed by atoms with Crippen LogP contribution in [0.3, 0.4) is 0 Å². The summed E-state index contributed by atoms with van der Waals surface area (Å²) in [5.74, 6) is 1.14. The molecule has 0 spiro atoms. The Morgan fingerprint density at radius 2 is 1.71 bits per heavy atom. The fraction of sp³-hybridized carbons (Fsp3) is 0.167. The third-order valence-electron chi connectivity index (χ3n) is 3.26. The minimum Gasteiger partial charge on any atom is -0.416 e. The second kappa shape index (κ2) is 8.31. The Morgan fingerprint density at radius 1 is 1.00 bits per heavy atom. The largest absolute Gasteiger partial charge is 0.416 e. The summed E-state index contributed by atoms with van der Waals surface area (Å²) in [5.41, 5.74) is 1.93. The van der Waals surface area contributed by atoms with Crippen molar-refractivity contribution < 1.29 is 9.21 Å². The summed E-state index contributed by atoms with van der Waals surface area (Å²) >= 11 is 1.39. The highest BCUT2D eigenvalue weighted by atomic mass is 32.2.